The van der Waals surface area contributed by atoms with Gasteiger partial charge in [0.05, 0.1) is 14.2 Å². The summed E-state index contributed by atoms with van der Waals surface area (Å²) in [5.41, 5.74) is 6.50. The third-order valence-electron chi connectivity index (χ3n) is 2.05. The van der Waals surface area contributed by atoms with Crippen LogP contribution in [0.3, 0.4) is 0 Å². The van der Waals surface area contributed by atoms with Crippen molar-refractivity contribution in [3.05, 3.63) is 28.8 Å². The van der Waals surface area contributed by atoms with Gasteiger partial charge < -0.3 is 15.2 Å². The fraction of sp³-hybridized carbons (Fsp3) is 0.333. The molecule has 0 fully saturated rings. The Morgan fingerprint density at radius 1 is 1.31 bits per heavy atom. The maximum atomic E-state index is 5.97. The molecule has 0 aliphatic rings. The summed E-state index contributed by atoms with van der Waals surface area (Å²) in [6.07, 6.45) is 3.74. The van der Waals surface area contributed by atoms with Crippen molar-refractivity contribution in [1.82, 2.24) is 0 Å². The van der Waals surface area contributed by atoms with E-state index in [0.29, 0.717) is 16.5 Å². The molecule has 0 saturated heterocycles. The Morgan fingerprint density at radius 2 is 2.00 bits per heavy atom. The molecule has 1 aromatic rings. The minimum absolute atomic E-state index is 0.0188. The van der Waals surface area contributed by atoms with E-state index in [4.69, 9.17) is 26.8 Å². The molecule has 0 spiro atoms. The first kappa shape index (κ1) is 12.9. The molecule has 1 atom stereocenters. The van der Waals surface area contributed by atoms with Crippen LogP contribution in [-0.2, 0) is 0 Å². The summed E-state index contributed by atoms with van der Waals surface area (Å²) in [7, 11) is 3.17. The van der Waals surface area contributed by atoms with Crippen LogP contribution >= 0.6 is 11.6 Å². The van der Waals surface area contributed by atoms with Gasteiger partial charge in [-0.25, -0.2) is 0 Å². The minimum atomic E-state index is -0.0188. The highest BCUT2D eigenvalue weighted by Gasteiger charge is 2.09. The number of halogens is 1. The van der Waals surface area contributed by atoms with Gasteiger partial charge in [-0.2, -0.15) is 0 Å². The van der Waals surface area contributed by atoms with Gasteiger partial charge in [0.15, 0.2) is 11.5 Å². The molecule has 88 valence electrons. The monoisotopic (exact) mass is 241 g/mol. The molecule has 3 nitrogen and oxygen atoms in total. The molecule has 0 aromatic heterocycles. The molecule has 0 aliphatic heterocycles. The molecule has 0 aliphatic carbocycles. The van der Waals surface area contributed by atoms with Crippen LogP contribution in [0.4, 0.5) is 0 Å². The topological polar surface area (TPSA) is 44.5 Å². The zero-order valence-corrected chi connectivity index (χ0v) is 10.4. The quantitative estimate of drug-likeness (QED) is 0.882. The smallest absolute Gasteiger partial charge is 0.168 e. The van der Waals surface area contributed by atoms with Gasteiger partial charge >= 0.3 is 0 Å². The van der Waals surface area contributed by atoms with Gasteiger partial charge in [-0.15, -0.1) is 0 Å². The van der Waals surface area contributed by atoms with Gasteiger partial charge in [-0.3, -0.25) is 0 Å². The molecule has 1 aromatic carbocycles. The SMILES string of the molecule is COc1cc(Cl)cc(/C=C/C(C)N)c1OC. The predicted octanol–water partition coefficient (Wildman–Crippen LogP) is 2.72. The van der Waals surface area contributed by atoms with Gasteiger partial charge in [-0.1, -0.05) is 23.8 Å². The highest BCUT2D eigenvalue weighted by atomic mass is 35.5. The number of hydrogen-bond acceptors (Lipinski definition) is 3. The molecule has 0 radical (unpaired) electrons. The Balaban J connectivity index is 3.20. The molecule has 16 heavy (non-hydrogen) atoms. The van der Waals surface area contributed by atoms with E-state index in [0.717, 1.165) is 5.56 Å². The van der Waals surface area contributed by atoms with Crippen molar-refractivity contribution in [2.24, 2.45) is 5.73 Å². The van der Waals surface area contributed by atoms with Crippen molar-refractivity contribution in [3.8, 4) is 11.5 Å². The summed E-state index contributed by atoms with van der Waals surface area (Å²) < 4.78 is 10.5. The first-order valence-electron chi connectivity index (χ1n) is 4.93. The van der Waals surface area contributed by atoms with E-state index >= 15 is 0 Å². The second kappa shape index (κ2) is 5.77. The molecule has 0 amide bonds. The fourth-order valence-corrected chi connectivity index (χ4v) is 1.55. The highest BCUT2D eigenvalue weighted by Crippen LogP contribution is 2.35. The first-order chi connectivity index (χ1) is 7.58. The van der Waals surface area contributed by atoms with Crippen molar-refractivity contribution in [2.75, 3.05) is 14.2 Å². The van der Waals surface area contributed by atoms with Gasteiger partial charge in [0.2, 0.25) is 0 Å². The summed E-state index contributed by atoms with van der Waals surface area (Å²) in [4.78, 5) is 0. The number of benzene rings is 1. The van der Waals surface area contributed by atoms with Crippen LogP contribution < -0.4 is 15.2 Å². The number of rotatable bonds is 4. The normalized spacial score (nSPS) is 12.8. The third-order valence-corrected chi connectivity index (χ3v) is 2.27. The highest BCUT2D eigenvalue weighted by molar-refractivity contribution is 6.31. The van der Waals surface area contributed by atoms with Crippen molar-refractivity contribution in [2.45, 2.75) is 13.0 Å². The van der Waals surface area contributed by atoms with E-state index in [1.807, 2.05) is 25.1 Å². The van der Waals surface area contributed by atoms with Crippen molar-refractivity contribution >= 4 is 17.7 Å². The lowest BCUT2D eigenvalue weighted by Crippen LogP contribution is -2.10. The number of methoxy groups -OCH3 is 2. The number of ether oxygens (including phenoxy) is 2. The second-order valence-corrected chi connectivity index (χ2v) is 3.89. The van der Waals surface area contributed by atoms with Gasteiger partial charge in [-0.05, 0) is 13.0 Å². The lowest BCUT2D eigenvalue weighted by molar-refractivity contribution is 0.354. The zero-order valence-electron chi connectivity index (χ0n) is 9.66. The molecule has 2 N–H and O–H groups in total. The Bertz CT molecular complexity index is 389. The van der Waals surface area contributed by atoms with Crippen LogP contribution in [0.1, 0.15) is 12.5 Å². The Labute approximate surface area is 101 Å². The standard InChI is InChI=1S/C12H16ClNO2/c1-8(14)4-5-9-6-10(13)7-11(15-2)12(9)16-3/h4-8H,14H2,1-3H3/b5-4+. The largest absolute Gasteiger partial charge is 0.493 e. The van der Waals surface area contributed by atoms with Crippen molar-refractivity contribution < 1.29 is 9.47 Å². The molecular weight excluding hydrogens is 226 g/mol. The summed E-state index contributed by atoms with van der Waals surface area (Å²) in [6, 6.07) is 3.50. The molecule has 4 heteroatoms. The molecule has 1 rings (SSSR count). The number of hydrogen-bond donors (Lipinski definition) is 1. The maximum Gasteiger partial charge on any atom is 0.168 e. The van der Waals surface area contributed by atoms with Crippen LogP contribution in [-0.4, -0.2) is 20.3 Å². The Morgan fingerprint density at radius 3 is 2.50 bits per heavy atom. The first-order valence-corrected chi connectivity index (χ1v) is 5.31. The molecule has 0 bridgehead atoms. The lowest BCUT2D eigenvalue weighted by Gasteiger charge is -2.11. The van der Waals surface area contributed by atoms with E-state index in [2.05, 4.69) is 0 Å². The van der Waals surface area contributed by atoms with E-state index in [1.54, 1.807) is 20.3 Å². The zero-order chi connectivity index (χ0) is 12.1. The van der Waals surface area contributed by atoms with Crippen LogP contribution in [0.2, 0.25) is 5.02 Å². The van der Waals surface area contributed by atoms with Crippen LogP contribution in [0.25, 0.3) is 6.08 Å². The Hall–Kier alpha value is -1.19. The van der Waals surface area contributed by atoms with Crippen LogP contribution in [0, 0.1) is 0 Å². The summed E-state index contributed by atoms with van der Waals surface area (Å²) in [6.45, 7) is 1.89. The van der Waals surface area contributed by atoms with E-state index in [9.17, 15) is 0 Å². The summed E-state index contributed by atoms with van der Waals surface area (Å²) in [5, 5.41) is 0.599. The summed E-state index contributed by atoms with van der Waals surface area (Å²) >= 11 is 5.97. The van der Waals surface area contributed by atoms with E-state index in [-0.39, 0.29) is 6.04 Å². The Kier molecular flexibility index (Phi) is 4.65. The van der Waals surface area contributed by atoms with Crippen molar-refractivity contribution in [3.63, 3.8) is 0 Å². The van der Waals surface area contributed by atoms with Gasteiger partial charge in [0.25, 0.3) is 0 Å². The number of nitrogens with two attached hydrogens (primary N) is 1. The average molecular weight is 242 g/mol. The summed E-state index contributed by atoms with van der Waals surface area (Å²) in [5.74, 6) is 1.27. The predicted molar refractivity (Wildman–Crippen MR) is 67.2 cm³/mol. The fourth-order valence-electron chi connectivity index (χ4n) is 1.34. The lowest BCUT2D eigenvalue weighted by atomic mass is 10.1. The van der Waals surface area contributed by atoms with Crippen LogP contribution in [0.15, 0.2) is 18.2 Å². The van der Waals surface area contributed by atoms with E-state index < -0.39 is 0 Å². The van der Waals surface area contributed by atoms with Crippen LogP contribution in [0.5, 0.6) is 11.5 Å². The molecular formula is C12H16ClNO2. The average Bonchev–Trinajstić information content (AvgIpc) is 2.25. The maximum absolute atomic E-state index is 5.97. The van der Waals surface area contributed by atoms with Crippen molar-refractivity contribution in [1.29, 1.82) is 0 Å². The minimum Gasteiger partial charge on any atom is -0.493 e. The van der Waals surface area contributed by atoms with Gasteiger partial charge in [0.1, 0.15) is 0 Å². The van der Waals surface area contributed by atoms with E-state index in [1.165, 1.54) is 0 Å². The second-order valence-electron chi connectivity index (χ2n) is 3.45. The molecule has 0 heterocycles. The third kappa shape index (κ3) is 3.15. The molecule has 0 saturated carbocycles. The molecule has 1 unspecified atom stereocenters. The van der Waals surface area contributed by atoms with Gasteiger partial charge in [0, 0.05) is 22.7 Å².